The van der Waals surface area contributed by atoms with Crippen molar-refractivity contribution >= 4 is 35.1 Å². The molecule has 3 aromatic rings. The largest absolute Gasteiger partial charge is 0.493 e. The Kier molecular flexibility index (Phi) is 7.70. The molecular formula is C29H30Cl2N4O2. The van der Waals surface area contributed by atoms with Crippen molar-refractivity contribution in [2.24, 2.45) is 4.99 Å². The highest BCUT2D eigenvalue weighted by atomic mass is 35.5. The third-order valence-corrected chi connectivity index (χ3v) is 7.26. The molecule has 0 unspecified atom stereocenters. The van der Waals surface area contributed by atoms with Crippen LogP contribution in [0.1, 0.15) is 41.3 Å². The molecule has 2 aliphatic heterocycles. The van der Waals surface area contributed by atoms with Gasteiger partial charge in [0.05, 0.1) is 18.2 Å². The lowest BCUT2D eigenvalue weighted by atomic mass is 9.93. The normalized spacial score (nSPS) is 19.6. The van der Waals surface area contributed by atoms with Gasteiger partial charge in [0.1, 0.15) is 17.6 Å². The Morgan fingerprint density at radius 2 is 1.59 bits per heavy atom. The molecule has 0 radical (unpaired) electrons. The number of piperazine rings is 1. The lowest BCUT2D eigenvalue weighted by Crippen LogP contribution is -2.53. The fraction of sp³-hybridized carbons (Fsp3) is 0.310. The van der Waals surface area contributed by atoms with E-state index >= 15 is 0 Å². The van der Waals surface area contributed by atoms with Crippen molar-refractivity contribution in [3.05, 3.63) is 99.0 Å². The molecule has 0 aliphatic carbocycles. The van der Waals surface area contributed by atoms with Gasteiger partial charge in [0, 0.05) is 36.2 Å². The van der Waals surface area contributed by atoms with E-state index < -0.39 is 0 Å². The van der Waals surface area contributed by atoms with Gasteiger partial charge < -0.3 is 15.0 Å². The molecule has 5 rings (SSSR count). The first kappa shape index (κ1) is 25.6. The predicted octanol–water partition coefficient (Wildman–Crippen LogP) is 6.27. The number of carbonyl (C=O) groups excluding carboxylic acids is 1. The van der Waals surface area contributed by atoms with Crippen LogP contribution in [-0.4, -0.2) is 54.5 Å². The van der Waals surface area contributed by atoms with E-state index in [-0.39, 0.29) is 18.1 Å². The molecule has 37 heavy (non-hydrogen) atoms. The number of aliphatic imine (C=N–C) groups is 1. The maximum atomic E-state index is 14.3. The molecule has 2 heterocycles. The van der Waals surface area contributed by atoms with Gasteiger partial charge in [0.25, 0.3) is 0 Å². The predicted molar refractivity (Wildman–Crippen MR) is 149 cm³/mol. The van der Waals surface area contributed by atoms with Crippen LogP contribution in [-0.2, 0) is 0 Å². The number of hydrogen-bond donors (Lipinski definition) is 1. The summed E-state index contributed by atoms with van der Waals surface area (Å²) in [5, 5.41) is 4.63. The number of hydrogen-bond acceptors (Lipinski definition) is 4. The molecule has 8 heteroatoms. The number of nitrogens with one attached hydrogen (secondary N) is 1. The van der Waals surface area contributed by atoms with Crippen molar-refractivity contribution in [3.8, 4) is 5.75 Å². The maximum absolute atomic E-state index is 14.3. The summed E-state index contributed by atoms with van der Waals surface area (Å²) in [4.78, 5) is 23.3. The standard InChI is InChI=1S/C29H30Cl2N4O2/c1-3-37-25-13-4-19(2)18-24(25)28-33-26(20-5-9-22(30)10-6-20)27(21-7-11-23(31)12-8-21)35(28)29(36)34-16-14-32-15-17-34/h4-13,18,26-27,32H,3,14-17H2,1-2H3/t26-,27+/m1/s1. The molecule has 1 saturated heterocycles. The molecule has 2 atom stereocenters. The number of rotatable bonds is 5. The van der Waals surface area contributed by atoms with Gasteiger partial charge in [0.2, 0.25) is 0 Å². The number of urea groups is 1. The third kappa shape index (κ3) is 5.33. The van der Waals surface area contributed by atoms with Crippen LogP contribution in [0.2, 0.25) is 10.0 Å². The van der Waals surface area contributed by atoms with E-state index in [1.54, 1.807) is 0 Å². The third-order valence-electron chi connectivity index (χ3n) is 6.76. The van der Waals surface area contributed by atoms with Crippen molar-refractivity contribution in [3.63, 3.8) is 0 Å². The van der Waals surface area contributed by atoms with Crippen LogP contribution in [0.25, 0.3) is 0 Å². The maximum Gasteiger partial charge on any atom is 0.326 e. The number of amidine groups is 1. The fourth-order valence-electron chi connectivity index (χ4n) is 4.96. The number of amides is 2. The number of aryl methyl sites for hydroxylation is 1. The Bertz CT molecular complexity index is 1290. The molecule has 6 nitrogen and oxygen atoms in total. The zero-order chi connectivity index (χ0) is 25.9. The van der Waals surface area contributed by atoms with E-state index in [2.05, 4.69) is 5.32 Å². The number of halogens is 2. The highest BCUT2D eigenvalue weighted by molar-refractivity contribution is 6.30. The molecule has 0 aromatic heterocycles. The molecule has 2 aliphatic rings. The molecule has 1 fully saturated rings. The van der Waals surface area contributed by atoms with Crippen LogP contribution in [0.4, 0.5) is 4.79 Å². The van der Waals surface area contributed by atoms with Crippen LogP contribution >= 0.6 is 23.2 Å². The summed E-state index contributed by atoms with van der Waals surface area (Å²) in [7, 11) is 0. The zero-order valence-electron chi connectivity index (χ0n) is 21.0. The van der Waals surface area contributed by atoms with Crippen molar-refractivity contribution in [2.75, 3.05) is 32.8 Å². The van der Waals surface area contributed by atoms with Crippen LogP contribution in [0.5, 0.6) is 5.75 Å². The minimum absolute atomic E-state index is 0.0689. The van der Waals surface area contributed by atoms with Crippen LogP contribution in [0, 0.1) is 6.92 Å². The van der Waals surface area contributed by atoms with Gasteiger partial charge in [-0.3, -0.25) is 9.89 Å². The van der Waals surface area contributed by atoms with Crippen LogP contribution in [0.3, 0.4) is 0 Å². The van der Waals surface area contributed by atoms with Gasteiger partial charge in [-0.25, -0.2) is 4.79 Å². The van der Waals surface area contributed by atoms with E-state index in [1.165, 1.54) is 0 Å². The summed E-state index contributed by atoms with van der Waals surface area (Å²) in [5.74, 6) is 1.31. The van der Waals surface area contributed by atoms with Crippen molar-refractivity contribution in [2.45, 2.75) is 25.9 Å². The Morgan fingerprint density at radius 3 is 2.22 bits per heavy atom. The first-order valence-electron chi connectivity index (χ1n) is 12.6. The number of ether oxygens (including phenoxy) is 1. The lowest BCUT2D eigenvalue weighted by Gasteiger charge is -2.36. The topological polar surface area (TPSA) is 57.2 Å². The molecule has 3 aromatic carbocycles. The van der Waals surface area contributed by atoms with Gasteiger partial charge in [0.15, 0.2) is 0 Å². The van der Waals surface area contributed by atoms with Gasteiger partial charge >= 0.3 is 6.03 Å². The fourth-order valence-corrected chi connectivity index (χ4v) is 5.21. The molecular weight excluding hydrogens is 507 g/mol. The van der Waals surface area contributed by atoms with E-state index in [1.807, 2.05) is 90.4 Å². The summed E-state index contributed by atoms with van der Waals surface area (Å²) >= 11 is 12.5. The first-order valence-corrected chi connectivity index (χ1v) is 13.3. The zero-order valence-corrected chi connectivity index (χ0v) is 22.5. The minimum atomic E-state index is -0.370. The van der Waals surface area contributed by atoms with Gasteiger partial charge in [-0.15, -0.1) is 0 Å². The Labute approximate surface area is 227 Å². The molecule has 1 N–H and O–H groups in total. The second-order valence-corrected chi connectivity index (χ2v) is 10.1. The van der Waals surface area contributed by atoms with Crippen molar-refractivity contribution < 1.29 is 9.53 Å². The highest BCUT2D eigenvalue weighted by Crippen LogP contribution is 2.45. The van der Waals surface area contributed by atoms with Crippen molar-refractivity contribution in [1.29, 1.82) is 0 Å². The molecule has 192 valence electrons. The first-order chi connectivity index (χ1) is 18.0. The minimum Gasteiger partial charge on any atom is -0.493 e. The van der Waals surface area contributed by atoms with Gasteiger partial charge in [-0.05, 0) is 61.4 Å². The molecule has 2 amide bonds. The lowest BCUT2D eigenvalue weighted by molar-refractivity contribution is 0.157. The summed E-state index contributed by atoms with van der Waals surface area (Å²) < 4.78 is 6.01. The average Bonchev–Trinajstić information content (AvgIpc) is 3.31. The van der Waals surface area contributed by atoms with Crippen LogP contribution in [0.15, 0.2) is 71.7 Å². The van der Waals surface area contributed by atoms with E-state index in [0.29, 0.717) is 41.3 Å². The average molecular weight is 537 g/mol. The van der Waals surface area contributed by atoms with E-state index in [9.17, 15) is 4.79 Å². The smallest absolute Gasteiger partial charge is 0.326 e. The van der Waals surface area contributed by atoms with Crippen molar-refractivity contribution in [1.82, 2.24) is 15.1 Å². The summed E-state index contributed by atoms with van der Waals surface area (Å²) in [5.41, 5.74) is 3.80. The quantitative estimate of drug-likeness (QED) is 0.418. The van der Waals surface area contributed by atoms with Gasteiger partial charge in [-0.1, -0.05) is 59.1 Å². The van der Waals surface area contributed by atoms with E-state index in [0.717, 1.165) is 35.3 Å². The van der Waals surface area contributed by atoms with Gasteiger partial charge in [-0.2, -0.15) is 0 Å². The Balaban J connectivity index is 1.70. The SMILES string of the molecule is CCOc1ccc(C)cc1C1=N[C@H](c2ccc(Cl)cc2)[C@H](c2ccc(Cl)cc2)N1C(=O)N1CCNCC1. The van der Waals surface area contributed by atoms with E-state index in [4.69, 9.17) is 32.9 Å². The Morgan fingerprint density at radius 1 is 0.973 bits per heavy atom. The van der Waals surface area contributed by atoms with Crippen LogP contribution < -0.4 is 10.1 Å². The molecule has 0 saturated carbocycles. The second kappa shape index (κ2) is 11.1. The molecule has 0 bridgehead atoms. The number of carbonyl (C=O) groups is 1. The highest BCUT2D eigenvalue weighted by Gasteiger charge is 2.44. The second-order valence-electron chi connectivity index (χ2n) is 9.27. The molecule has 0 spiro atoms. The monoisotopic (exact) mass is 536 g/mol. The summed E-state index contributed by atoms with van der Waals surface area (Å²) in [6.45, 7) is 7.28. The number of nitrogens with zero attached hydrogens (tertiary/aromatic N) is 3. The summed E-state index contributed by atoms with van der Waals surface area (Å²) in [6.07, 6.45) is 0. The number of benzene rings is 3. The Hall–Kier alpha value is -3.06. The summed E-state index contributed by atoms with van der Waals surface area (Å²) in [6, 6.07) is 20.6.